The Hall–Kier alpha value is -2.75. The molecule has 210 valence electrons. The Morgan fingerprint density at radius 3 is 2.44 bits per heavy atom. The van der Waals surface area contributed by atoms with Gasteiger partial charge < -0.3 is 25.0 Å². The van der Waals surface area contributed by atoms with Gasteiger partial charge >= 0.3 is 0 Å². The van der Waals surface area contributed by atoms with Crippen molar-refractivity contribution in [3.8, 4) is 0 Å². The van der Waals surface area contributed by atoms with E-state index in [-0.39, 0.29) is 23.8 Å². The number of carbonyl (C=O) groups excluding carboxylic acids is 3. The van der Waals surface area contributed by atoms with Crippen LogP contribution in [0.3, 0.4) is 0 Å². The summed E-state index contributed by atoms with van der Waals surface area (Å²) in [4.78, 5) is 45.7. The molecule has 4 fully saturated rings. The van der Waals surface area contributed by atoms with Crippen LogP contribution in [0.4, 0.5) is 5.69 Å². The minimum Gasteiger partial charge on any atom is -0.379 e. The van der Waals surface area contributed by atoms with Gasteiger partial charge in [-0.2, -0.15) is 0 Å². The van der Waals surface area contributed by atoms with Crippen LogP contribution in [0.2, 0.25) is 0 Å². The van der Waals surface area contributed by atoms with Crippen molar-refractivity contribution >= 4 is 23.4 Å². The Balaban J connectivity index is 1.27. The molecule has 0 radical (unpaired) electrons. The van der Waals surface area contributed by atoms with E-state index >= 15 is 0 Å². The molecular formula is C30H40N4O5. The van der Waals surface area contributed by atoms with Crippen molar-refractivity contribution < 1.29 is 23.9 Å². The van der Waals surface area contributed by atoms with Gasteiger partial charge in [0.1, 0.15) is 11.6 Å². The SMILES string of the molecule is Cc1cc(C)cc(NC(=O)C2C3C=CC4(O3)C2C(=O)N(CCN2CCOCC2)C4C(=O)NC2CCCCC2)c1. The average Bonchev–Trinajstić information content (AvgIpc) is 3.55. The first-order valence-corrected chi connectivity index (χ1v) is 14.5. The molecule has 1 aromatic carbocycles. The largest absolute Gasteiger partial charge is 0.379 e. The number of fused-ring (bicyclic) bond motifs is 1. The predicted molar refractivity (Wildman–Crippen MR) is 146 cm³/mol. The minimum atomic E-state index is -1.13. The fourth-order valence-electron chi connectivity index (χ4n) is 7.38. The molecule has 2 bridgehead atoms. The lowest BCUT2D eigenvalue weighted by Crippen LogP contribution is -2.57. The van der Waals surface area contributed by atoms with Gasteiger partial charge in [-0.3, -0.25) is 19.3 Å². The zero-order valence-electron chi connectivity index (χ0n) is 23.0. The van der Waals surface area contributed by atoms with Crippen molar-refractivity contribution in [1.29, 1.82) is 0 Å². The van der Waals surface area contributed by atoms with Crippen molar-refractivity contribution in [2.75, 3.05) is 44.7 Å². The lowest BCUT2D eigenvalue weighted by atomic mass is 9.74. The topological polar surface area (TPSA) is 100 Å². The molecule has 0 aromatic heterocycles. The monoisotopic (exact) mass is 536 g/mol. The summed E-state index contributed by atoms with van der Waals surface area (Å²) in [7, 11) is 0. The number of aryl methyl sites for hydroxylation is 2. The molecule has 3 amide bonds. The van der Waals surface area contributed by atoms with Crippen LogP contribution in [-0.2, 0) is 23.9 Å². The number of likely N-dealkylation sites (tertiary alicyclic amines) is 1. The molecule has 9 heteroatoms. The predicted octanol–water partition coefficient (Wildman–Crippen LogP) is 2.17. The first kappa shape index (κ1) is 26.5. The second-order valence-electron chi connectivity index (χ2n) is 11.9. The summed E-state index contributed by atoms with van der Waals surface area (Å²) in [6.45, 7) is 7.97. The number of carbonyl (C=O) groups is 3. The molecule has 1 spiro atoms. The molecule has 5 unspecified atom stereocenters. The number of nitrogens with one attached hydrogen (secondary N) is 2. The molecule has 6 rings (SSSR count). The van der Waals surface area contributed by atoms with Gasteiger partial charge in [-0.1, -0.05) is 37.5 Å². The summed E-state index contributed by atoms with van der Waals surface area (Å²) in [5, 5.41) is 6.30. The maximum Gasteiger partial charge on any atom is 0.246 e. The molecule has 1 aromatic rings. The first-order valence-electron chi connectivity index (χ1n) is 14.5. The number of benzene rings is 1. The Morgan fingerprint density at radius 2 is 1.72 bits per heavy atom. The Morgan fingerprint density at radius 1 is 1.00 bits per heavy atom. The van der Waals surface area contributed by atoms with Crippen LogP contribution >= 0.6 is 0 Å². The summed E-state index contributed by atoms with van der Waals surface area (Å²) in [5.41, 5.74) is 1.68. The van der Waals surface area contributed by atoms with Crippen molar-refractivity contribution in [1.82, 2.24) is 15.1 Å². The fraction of sp³-hybridized carbons (Fsp3) is 0.633. The third-order valence-corrected chi connectivity index (χ3v) is 9.13. The summed E-state index contributed by atoms with van der Waals surface area (Å²) < 4.78 is 12.0. The number of hydrogen-bond donors (Lipinski definition) is 2. The molecule has 1 saturated carbocycles. The Kier molecular flexibility index (Phi) is 7.24. The van der Waals surface area contributed by atoms with Crippen LogP contribution in [0, 0.1) is 25.7 Å². The van der Waals surface area contributed by atoms with Gasteiger partial charge in [-0.15, -0.1) is 0 Å². The molecule has 5 atom stereocenters. The van der Waals surface area contributed by atoms with Gasteiger partial charge in [0.05, 0.1) is 31.2 Å². The Bertz CT molecular complexity index is 1140. The summed E-state index contributed by atoms with van der Waals surface area (Å²) in [5.74, 6) is -2.00. The second-order valence-corrected chi connectivity index (χ2v) is 11.9. The number of nitrogens with zero attached hydrogens (tertiary/aromatic N) is 2. The van der Waals surface area contributed by atoms with Crippen LogP contribution in [-0.4, -0.2) is 90.7 Å². The van der Waals surface area contributed by atoms with E-state index < -0.39 is 29.6 Å². The maximum absolute atomic E-state index is 14.1. The quantitative estimate of drug-likeness (QED) is 0.519. The standard InChI is InChI=1S/C30H40N4O5/c1-19-16-20(2)18-22(17-19)32-27(35)24-23-8-9-30(39-23)25(24)29(37)34(11-10-33-12-14-38-15-13-33)26(30)28(36)31-21-6-4-3-5-7-21/h8-9,16-18,21,23-26H,3-7,10-15H2,1-2H3,(H,31,36)(H,32,35). The third-order valence-electron chi connectivity index (χ3n) is 9.13. The van der Waals surface area contributed by atoms with E-state index in [0.717, 1.165) is 49.9 Å². The van der Waals surface area contributed by atoms with Crippen LogP contribution in [0.5, 0.6) is 0 Å². The van der Waals surface area contributed by atoms with Gasteiger partial charge in [0.25, 0.3) is 0 Å². The zero-order valence-corrected chi connectivity index (χ0v) is 23.0. The minimum absolute atomic E-state index is 0.115. The van der Waals surface area contributed by atoms with E-state index in [4.69, 9.17) is 9.47 Å². The molecule has 39 heavy (non-hydrogen) atoms. The van der Waals surface area contributed by atoms with Gasteiger partial charge in [0.2, 0.25) is 17.7 Å². The third kappa shape index (κ3) is 4.89. The zero-order chi connectivity index (χ0) is 27.1. The number of rotatable bonds is 7. The highest BCUT2D eigenvalue weighted by Crippen LogP contribution is 2.55. The molecule has 1 aliphatic carbocycles. The summed E-state index contributed by atoms with van der Waals surface area (Å²) in [6.07, 6.45) is 8.54. The highest BCUT2D eigenvalue weighted by Gasteiger charge is 2.72. The van der Waals surface area contributed by atoms with Gasteiger partial charge in [0, 0.05) is 37.9 Å². The first-order chi connectivity index (χ1) is 18.9. The van der Waals surface area contributed by atoms with E-state index in [9.17, 15) is 14.4 Å². The van der Waals surface area contributed by atoms with Crippen LogP contribution < -0.4 is 10.6 Å². The number of morpholine rings is 1. The highest BCUT2D eigenvalue weighted by atomic mass is 16.5. The second kappa shape index (κ2) is 10.7. The van der Waals surface area contributed by atoms with Gasteiger partial charge in [-0.25, -0.2) is 0 Å². The highest BCUT2D eigenvalue weighted by molar-refractivity contribution is 6.02. The number of hydrogen-bond acceptors (Lipinski definition) is 6. The van der Waals surface area contributed by atoms with Crippen molar-refractivity contribution in [3.05, 3.63) is 41.5 Å². The molecule has 5 aliphatic rings. The van der Waals surface area contributed by atoms with E-state index in [2.05, 4.69) is 21.6 Å². The lowest BCUT2D eigenvalue weighted by molar-refractivity contribution is -0.141. The molecule has 2 N–H and O–H groups in total. The smallest absolute Gasteiger partial charge is 0.246 e. The lowest BCUT2D eigenvalue weighted by Gasteiger charge is -2.35. The fourth-order valence-corrected chi connectivity index (χ4v) is 7.38. The average molecular weight is 537 g/mol. The van der Waals surface area contributed by atoms with Crippen molar-refractivity contribution in [3.63, 3.8) is 0 Å². The van der Waals surface area contributed by atoms with Crippen molar-refractivity contribution in [2.24, 2.45) is 11.8 Å². The van der Waals surface area contributed by atoms with Crippen LogP contribution in [0.1, 0.15) is 43.2 Å². The summed E-state index contributed by atoms with van der Waals surface area (Å²) in [6, 6.07) is 5.23. The van der Waals surface area contributed by atoms with Crippen LogP contribution in [0.25, 0.3) is 0 Å². The number of amides is 3. The van der Waals surface area contributed by atoms with E-state index in [1.54, 1.807) is 4.90 Å². The van der Waals surface area contributed by atoms with Crippen LogP contribution in [0.15, 0.2) is 30.4 Å². The van der Waals surface area contributed by atoms with Crippen molar-refractivity contribution in [2.45, 2.75) is 69.7 Å². The van der Waals surface area contributed by atoms with Gasteiger partial charge in [0.15, 0.2) is 0 Å². The van der Waals surface area contributed by atoms with Gasteiger partial charge in [-0.05, 0) is 49.9 Å². The normalized spacial score (nSPS) is 32.5. The molecular weight excluding hydrogens is 496 g/mol. The molecule has 9 nitrogen and oxygen atoms in total. The molecule has 3 saturated heterocycles. The summed E-state index contributed by atoms with van der Waals surface area (Å²) >= 11 is 0. The van der Waals surface area contributed by atoms with E-state index in [1.807, 2.05) is 38.1 Å². The number of ether oxygens (including phenoxy) is 2. The van der Waals surface area contributed by atoms with E-state index in [1.165, 1.54) is 6.42 Å². The Labute approximate surface area is 230 Å². The maximum atomic E-state index is 14.1. The van der Waals surface area contributed by atoms with E-state index in [0.29, 0.717) is 32.0 Å². The molecule has 4 heterocycles. The number of anilines is 1. The molecule has 4 aliphatic heterocycles.